The van der Waals surface area contributed by atoms with Crippen molar-refractivity contribution in [2.75, 3.05) is 0 Å². The second-order valence-electron chi connectivity index (χ2n) is 2.92. The van der Waals surface area contributed by atoms with Gasteiger partial charge in [-0.25, -0.2) is 0 Å². The van der Waals surface area contributed by atoms with Crippen molar-refractivity contribution >= 4 is 21.4 Å². The van der Waals surface area contributed by atoms with Gasteiger partial charge in [0.1, 0.15) is 0 Å². The number of thiophene rings is 1. The average Bonchev–Trinajstić information content (AvgIpc) is 2.50. The number of hydrogen-bond acceptors (Lipinski definition) is 3. The average molecular weight is 195 g/mol. The number of aliphatic hydroxyl groups excluding tert-OH is 1. The van der Waals surface area contributed by atoms with Gasteiger partial charge in [0.15, 0.2) is 0 Å². The molecule has 2 N–H and O–H groups in total. The van der Waals surface area contributed by atoms with Gasteiger partial charge in [0.05, 0.1) is 12.0 Å². The van der Waals surface area contributed by atoms with Gasteiger partial charge >= 0.3 is 0 Å². The monoisotopic (exact) mass is 195 g/mol. The van der Waals surface area contributed by atoms with Crippen molar-refractivity contribution in [2.24, 2.45) is 0 Å². The van der Waals surface area contributed by atoms with E-state index >= 15 is 0 Å². The molecule has 0 aromatic carbocycles. The van der Waals surface area contributed by atoms with Gasteiger partial charge in [-0.05, 0) is 17.9 Å². The van der Waals surface area contributed by atoms with E-state index in [9.17, 15) is 4.79 Å². The molecule has 2 aromatic heterocycles. The minimum absolute atomic E-state index is 0.0345. The summed E-state index contributed by atoms with van der Waals surface area (Å²) in [6, 6.07) is 0. The first-order valence-electron chi connectivity index (χ1n) is 3.93. The van der Waals surface area contributed by atoms with Crippen LogP contribution in [-0.4, -0.2) is 10.1 Å². The maximum Gasteiger partial charge on any atom is 0.256 e. The molecule has 0 aliphatic heterocycles. The van der Waals surface area contributed by atoms with Crippen molar-refractivity contribution in [3.63, 3.8) is 0 Å². The molecular weight excluding hydrogens is 186 g/mol. The molecule has 0 radical (unpaired) electrons. The molecule has 0 saturated heterocycles. The van der Waals surface area contributed by atoms with Gasteiger partial charge in [0, 0.05) is 16.5 Å². The van der Waals surface area contributed by atoms with Gasteiger partial charge in [-0.2, -0.15) is 0 Å². The summed E-state index contributed by atoms with van der Waals surface area (Å²) in [6.45, 7) is 1.86. The molecular formula is C9H9NO2S. The van der Waals surface area contributed by atoms with Crippen molar-refractivity contribution in [2.45, 2.75) is 13.5 Å². The van der Waals surface area contributed by atoms with E-state index in [1.54, 1.807) is 6.20 Å². The number of nitrogens with one attached hydrogen (secondary N) is 1. The number of pyridine rings is 1. The predicted molar refractivity (Wildman–Crippen MR) is 53.1 cm³/mol. The Morgan fingerprint density at radius 2 is 2.38 bits per heavy atom. The lowest BCUT2D eigenvalue weighted by Crippen LogP contribution is -2.06. The first-order chi connectivity index (χ1) is 6.24. The van der Waals surface area contributed by atoms with Crippen LogP contribution in [0.1, 0.15) is 11.1 Å². The van der Waals surface area contributed by atoms with Crippen LogP contribution >= 0.6 is 11.3 Å². The highest BCUT2D eigenvalue weighted by atomic mass is 32.1. The number of rotatable bonds is 1. The molecule has 0 amide bonds. The first kappa shape index (κ1) is 8.47. The second kappa shape index (κ2) is 2.97. The topological polar surface area (TPSA) is 53.1 Å². The smallest absolute Gasteiger partial charge is 0.256 e. The standard InChI is InChI=1S/C9H9NO2S/c1-5-4-13-8-6(3-11)2-10-9(12)7(5)8/h2,4,11H,3H2,1H3,(H,10,12). The molecule has 2 heterocycles. The Kier molecular flexibility index (Phi) is 1.94. The molecule has 68 valence electrons. The largest absolute Gasteiger partial charge is 0.392 e. The van der Waals surface area contributed by atoms with Crippen LogP contribution in [0.25, 0.3) is 10.1 Å². The number of aliphatic hydroxyl groups is 1. The van der Waals surface area contributed by atoms with E-state index in [4.69, 9.17) is 5.11 Å². The van der Waals surface area contributed by atoms with Gasteiger partial charge in [0.2, 0.25) is 0 Å². The van der Waals surface area contributed by atoms with Gasteiger partial charge in [0.25, 0.3) is 5.56 Å². The summed E-state index contributed by atoms with van der Waals surface area (Å²) in [6.07, 6.45) is 1.57. The molecule has 4 heteroatoms. The maximum atomic E-state index is 11.4. The van der Waals surface area contributed by atoms with E-state index in [-0.39, 0.29) is 12.2 Å². The number of H-pyrrole nitrogens is 1. The summed E-state index contributed by atoms with van der Waals surface area (Å²) in [5, 5.41) is 11.7. The van der Waals surface area contributed by atoms with E-state index in [0.29, 0.717) is 5.39 Å². The molecule has 0 atom stereocenters. The molecule has 0 fully saturated rings. The van der Waals surface area contributed by atoms with Gasteiger partial charge in [-0.15, -0.1) is 11.3 Å². The Labute approximate surface area is 78.7 Å². The summed E-state index contributed by atoms with van der Waals surface area (Å²) >= 11 is 1.50. The number of fused-ring (bicyclic) bond motifs is 1. The molecule has 0 spiro atoms. The minimum Gasteiger partial charge on any atom is -0.392 e. The third-order valence-corrected chi connectivity index (χ3v) is 3.21. The lowest BCUT2D eigenvalue weighted by Gasteiger charge is -1.97. The van der Waals surface area contributed by atoms with Crippen LogP contribution in [0.4, 0.5) is 0 Å². The van der Waals surface area contributed by atoms with Gasteiger partial charge in [-0.1, -0.05) is 0 Å². The van der Waals surface area contributed by atoms with Crippen LogP contribution in [0, 0.1) is 6.92 Å². The fourth-order valence-electron chi connectivity index (χ4n) is 1.37. The fraction of sp³-hybridized carbons (Fsp3) is 0.222. The van der Waals surface area contributed by atoms with E-state index in [2.05, 4.69) is 4.98 Å². The maximum absolute atomic E-state index is 11.4. The first-order valence-corrected chi connectivity index (χ1v) is 4.81. The Hall–Kier alpha value is -1.13. The summed E-state index contributed by atoms with van der Waals surface area (Å²) in [7, 11) is 0. The summed E-state index contributed by atoms with van der Waals surface area (Å²) in [5.74, 6) is 0. The second-order valence-corrected chi connectivity index (χ2v) is 3.80. The molecule has 0 aliphatic carbocycles. The van der Waals surface area contributed by atoms with Crippen LogP contribution < -0.4 is 5.56 Å². The fourth-order valence-corrected chi connectivity index (χ4v) is 2.43. The normalized spacial score (nSPS) is 10.9. The highest BCUT2D eigenvalue weighted by molar-refractivity contribution is 7.17. The van der Waals surface area contributed by atoms with Crippen molar-refractivity contribution in [1.29, 1.82) is 0 Å². The number of aryl methyl sites for hydroxylation is 1. The van der Waals surface area contributed by atoms with Crippen molar-refractivity contribution < 1.29 is 5.11 Å². The molecule has 0 bridgehead atoms. The highest BCUT2D eigenvalue weighted by Gasteiger charge is 2.07. The van der Waals surface area contributed by atoms with Crippen molar-refractivity contribution in [1.82, 2.24) is 4.98 Å². The van der Waals surface area contributed by atoms with Crippen molar-refractivity contribution in [3.05, 3.63) is 33.1 Å². The Bertz CT molecular complexity index is 498. The van der Waals surface area contributed by atoms with Crippen LogP contribution in [0.5, 0.6) is 0 Å². The van der Waals surface area contributed by atoms with Crippen LogP contribution in [-0.2, 0) is 6.61 Å². The molecule has 2 rings (SSSR count). The molecule has 0 saturated carbocycles. The summed E-state index contributed by atoms with van der Waals surface area (Å²) in [5.41, 5.74) is 1.68. The number of hydrogen-bond donors (Lipinski definition) is 2. The lowest BCUT2D eigenvalue weighted by molar-refractivity contribution is 0.283. The van der Waals surface area contributed by atoms with E-state index < -0.39 is 0 Å². The summed E-state index contributed by atoms with van der Waals surface area (Å²) < 4.78 is 0.892. The van der Waals surface area contributed by atoms with E-state index in [1.807, 2.05) is 12.3 Å². The predicted octanol–water partition coefficient (Wildman–Crippen LogP) is 1.39. The molecule has 2 aromatic rings. The zero-order valence-electron chi connectivity index (χ0n) is 7.13. The number of aromatic nitrogens is 1. The molecule has 13 heavy (non-hydrogen) atoms. The lowest BCUT2D eigenvalue weighted by atomic mass is 10.2. The third kappa shape index (κ3) is 1.18. The minimum atomic E-state index is -0.0778. The Morgan fingerprint density at radius 1 is 1.62 bits per heavy atom. The molecule has 0 unspecified atom stereocenters. The van der Waals surface area contributed by atoms with Crippen LogP contribution in [0.3, 0.4) is 0 Å². The highest BCUT2D eigenvalue weighted by Crippen LogP contribution is 2.24. The zero-order valence-corrected chi connectivity index (χ0v) is 7.94. The van der Waals surface area contributed by atoms with E-state index in [1.165, 1.54) is 11.3 Å². The molecule has 3 nitrogen and oxygen atoms in total. The van der Waals surface area contributed by atoms with Crippen molar-refractivity contribution in [3.8, 4) is 0 Å². The summed E-state index contributed by atoms with van der Waals surface area (Å²) in [4.78, 5) is 14.0. The Morgan fingerprint density at radius 3 is 3.08 bits per heavy atom. The number of aromatic amines is 1. The molecule has 0 aliphatic rings. The third-order valence-electron chi connectivity index (χ3n) is 2.04. The zero-order chi connectivity index (χ0) is 9.42. The quantitative estimate of drug-likeness (QED) is 0.722. The van der Waals surface area contributed by atoms with Crippen LogP contribution in [0.2, 0.25) is 0 Å². The SMILES string of the molecule is Cc1csc2c(CO)c[nH]c(=O)c12. The van der Waals surface area contributed by atoms with Gasteiger partial charge < -0.3 is 10.1 Å². The Balaban J connectivity index is 2.95. The van der Waals surface area contributed by atoms with Crippen LogP contribution in [0.15, 0.2) is 16.4 Å². The van der Waals surface area contributed by atoms with Gasteiger partial charge in [-0.3, -0.25) is 4.79 Å². The van der Waals surface area contributed by atoms with E-state index in [0.717, 1.165) is 15.8 Å².